The van der Waals surface area contributed by atoms with E-state index in [-0.39, 0.29) is 17.9 Å². The number of sulfonamides is 1. The molecule has 0 bridgehead atoms. The molecule has 1 saturated heterocycles. The van der Waals surface area contributed by atoms with Crippen molar-refractivity contribution in [2.24, 2.45) is 0 Å². The molecule has 3 rings (SSSR count). The average molecular weight is 384 g/mol. The molecular formula is C16H15ClFN3O3S. The predicted molar refractivity (Wildman–Crippen MR) is 93.7 cm³/mol. The zero-order chi connectivity index (χ0) is 18.0. The van der Waals surface area contributed by atoms with Gasteiger partial charge in [-0.1, -0.05) is 11.6 Å². The zero-order valence-corrected chi connectivity index (χ0v) is 14.6. The van der Waals surface area contributed by atoms with Crippen LogP contribution in [0.2, 0.25) is 5.02 Å². The molecule has 0 radical (unpaired) electrons. The molecule has 25 heavy (non-hydrogen) atoms. The summed E-state index contributed by atoms with van der Waals surface area (Å²) >= 11 is 5.74. The smallest absolute Gasteiger partial charge is 0.235 e. The normalized spacial score (nSPS) is 16.0. The van der Waals surface area contributed by atoms with Crippen LogP contribution in [-0.2, 0) is 21.2 Å². The van der Waals surface area contributed by atoms with Crippen LogP contribution < -0.4 is 9.62 Å². The van der Waals surface area contributed by atoms with Crippen LogP contribution in [0.5, 0.6) is 0 Å². The van der Waals surface area contributed by atoms with Crippen molar-refractivity contribution in [2.75, 3.05) is 21.9 Å². The van der Waals surface area contributed by atoms with Crippen LogP contribution in [-0.4, -0.2) is 31.6 Å². The maximum atomic E-state index is 14.0. The molecule has 1 N–H and O–H groups in total. The van der Waals surface area contributed by atoms with Gasteiger partial charge in [0.1, 0.15) is 5.82 Å². The molecule has 6 nitrogen and oxygen atoms in total. The molecule has 0 atom stereocenters. The van der Waals surface area contributed by atoms with Crippen LogP contribution >= 0.6 is 11.6 Å². The first-order valence-electron chi connectivity index (χ1n) is 7.55. The molecule has 1 aliphatic rings. The van der Waals surface area contributed by atoms with Gasteiger partial charge in [0, 0.05) is 18.4 Å². The van der Waals surface area contributed by atoms with Gasteiger partial charge in [-0.15, -0.1) is 0 Å². The number of aromatic nitrogens is 1. The zero-order valence-electron chi connectivity index (χ0n) is 13.1. The van der Waals surface area contributed by atoms with Crippen LogP contribution in [0.4, 0.5) is 15.8 Å². The quantitative estimate of drug-likeness (QED) is 0.880. The molecule has 1 amide bonds. The fraction of sp³-hybridized carbons (Fsp3) is 0.250. The summed E-state index contributed by atoms with van der Waals surface area (Å²) in [5.41, 5.74) is 0.748. The second-order valence-electron chi connectivity index (χ2n) is 5.60. The van der Waals surface area contributed by atoms with Crippen LogP contribution in [0.3, 0.4) is 0 Å². The summed E-state index contributed by atoms with van der Waals surface area (Å²) in [4.78, 5) is 16.1. The van der Waals surface area contributed by atoms with E-state index >= 15 is 0 Å². The van der Waals surface area contributed by atoms with Gasteiger partial charge in [0.05, 0.1) is 28.6 Å². The van der Waals surface area contributed by atoms with Gasteiger partial charge in [0.25, 0.3) is 0 Å². The predicted octanol–water partition coefficient (Wildman–Crippen LogP) is 2.60. The number of benzene rings is 1. The summed E-state index contributed by atoms with van der Waals surface area (Å²) < 4.78 is 39.2. The third-order valence-corrected chi connectivity index (χ3v) is 5.83. The molecule has 0 saturated carbocycles. The number of nitrogens with zero attached hydrogens (tertiary/aromatic N) is 2. The Morgan fingerprint density at radius 1 is 1.32 bits per heavy atom. The fourth-order valence-corrected chi connectivity index (χ4v) is 4.23. The number of nitrogens with one attached hydrogen (secondary N) is 1. The van der Waals surface area contributed by atoms with Crippen LogP contribution in [0.15, 0.2) is 36.5 Å². The number of hydrogen-bond donors (Lipinski definition) is 1. The lowest BCUT2D eigenvalue weighted by atomic mass is 10.2. The molecular weight excluding hydrogens is 369 g/mol. The topological polar surface area (TPSA) is 79.4 Å². The van der Waals surface area contributed by atoms with Gasteiger partial charge in [-0.05, 0) is 36.8 Å². The second kappa shape index (κ2) is 6.97. The molecule has 0 unspecified atom stereocenters. The van der Waals surface area contributed by atoms with E-state index in [1.807, 2.05) is 0 Å². The molecule has 1 aliphatic heterocycles. The minimum Gasteiger partial charge on any atom is -0.323 e. The molecule has 2 heterocycles. The SMILES string of the molecule is O=C(Cc1ccc(Cl)cn1)Nc1cc(N2CCCS2(=O)=O)ccc1F. The summed E-state index contributed by atoms with van der Waals surface area (Å²) in [5, 5.41) is 2.91. The Kier molecular flexibility index (Phi) is 4.91. The van der Waals surface area contributed by atoms with E-state index in [9.17, 15) is 17.6 Å². The number of pyridine rings is 1. The molecule has 132 valence electrons. The molecule has 1 aromatic carbocycles. The van der Waals surface area contributed by atoms with Crippen molar-refractivity contribution in [3.63, 3.8) is 0 Å². The number of rotatable bonds is 4. The number of amides is 1. The summed E-state index contributed by atoms with van der Waals surface area (Å²) in [6.45, 7) is 0.343. The van der Waals surface area contributed by atoms with E-state index in [1.54, 1.807) is 12.1 Å². The first-order chi connectivity index (χ1) is 11.8. The van der Waals surface area contributed by atoms with Gasteiger partial charge in [0.2, 0.25) is 15.9 Å². The van der Waals surface area contributed by atoms with Gasteiger partial charge in [-0.3, -0.25) is 14.1 Å². The Balaban J connectivity index is 1.76. The van der Waals surface area contributed by atoms with Gasteiger partial charge in [-0.25, -0.2) is 12.8 Å². The van der Waals surface area contributed by atoms with Crippen LogP contribution in [0.1, 0.15) is 12.1 Å². The van der Waals surface area contributed by atoms with Gasteiger partial charge in [-0.2, -0.15) is 0 Å². The standard InChI is InChI=1S/C16H15ClFN3O3S/c17-11-2-3-12(19-10-11)8-16(22)20-15-9-13(4-5-14(15)18)21-6-1-7-25(21,23)24/h2-5,9-10H,1,6-8H2,(H,20,22). The third-order valence-electron chi connectivity index (χ3n) is 3.74. The summed E-state index contributed by atoms with van der Waals surface area (Å²) in [6.07, 6.45) is 1.89. The van der Waals surface area contributed by atoms with Crippen LogP contribution in [0.25, 0.3) is 0 Å². The van der Waals surface area contributed by atoms with Gasteiger partial charge < -0.3 is 5.32 Å². The fourth-order valence-electron chi connectivity index (χ4n) is 2.56. The Bertz CT molecular complexity index is 903. The van der Waals surface area contributed by atoms with Crippen molar-refractivity contribution in [1.82, 2.24) is 4.98 Å². The number of carbonyl (C=O) groups excluding carboxylic acids is 1. The molecule has 2 aromatic rings. The first-order valence-corrected chi connectivity index (χ1v) is 9.54. The lowest BCUT2D eigenvalue weighted by molar-refractivity contribution is -0.115. The molecule has 0 spiro atoms. The highest BCUT2D eigenvalue weighted by atomic mass is 35.5. The van der Waals surface area contributed by atoms with Gasteiger partial charge >= 0.3 is 0 Å². The van der Waals surface area contributed by atoms with Crippen molar-refractivity contribution < 1.29 is 17.6 Å². The number of halogens is 2. The minimum atomic E-state index is -3.38. The van der Waals surface area contributed by atoms with Crippen LogP contribution in [0, 0.1) is 5.82 Å². The Morgan fingerprint density at radius 2 is 2.12 bits per heavy atom. The molecule has 9 heteroatoms. The molecule has 1 fully saturated rings. The van der Waals surface area contributed by atoms with Crippen molar-refractivity contribution in [2.45, 2.75) is 12.8 Å². The minimum absolute atomic E-state index is 0.0527. The van der Waals surface area contributed by atoms with E-state index in [4.69, 9.17) is 11.6 Å². The number of carbonyl (C=O) groups is 1. The Labute approximate surface area is 149 Å². The highest BCUT2D eigenvalue weighted by Gasteiger charge is 2.29. The summed E-state index contributed by atoms with van der Waals surface area (Å²) in [5.74, 6) is -1.04. The maximum Gasteiger partial charge on any atom is 0.235 e. The lowest BCUT2D eigenvalue weighted by Gasteiger charge is -2.18. The number of hydrogen-bond acceptors (Lipinski definition) is 4. The molecule has 1 aromatic heterocycles. The maximum absolute atomic E-state index is 14.0. The van der Waals surface area contributed by atoms with Crippen molar-refractivity contribution in [3.05, 3.63) is 53.1 Å². The van der Waals surface area contributed by atoms with Crippen molar-refractivity contribution >= 4 is 38.9 Å². The molecule has 0 aliphatic carbocycles. The van der Waals surface area contributed by atoms with E-state index in [0.717, 1.165) is 6.07 Å². The summed E-state index contributed by atoms with van der Waals surface area (Å²) in [7, 11) is -3.38. The first kappa shape index (κ1) is 17.6. The highest BCUT2D eigenvalue weighted by molar-refractivity contribution is 7.93. The van der Waals surface area contributed by atoms with E-state index < -0.39 is 21.7 Å². The summed E-state index contributed by atoms with van der Waals surface area (Å²) in [6, 6.07) is 7.06. The van der Waals surface area contributed by atoms with E-state index in [2.05, 4.69) is 10.3 Å². The average Bonchev–Trinajstić information content (AvgIpc) is 2.91. The number of anilines is 2. The van der Waals surface area contributed by atoms with Crippen molar-refractivity contribution in [3.8, 4) is 0 Å². The van der Waals surface area contributed by atoms with E-state index in [1.165, 1.54) is 22.6 Å². The third kappa shape index (κ3) is 4.08. The highest BCUT2D eigenvalue weighted by Crippen LogP contribution is 2.28. The second-order valence-corrected chi connectivity index (χ2v) is 8.05. The Morgan fingerprint density at radius 3 is 2.76 bits per heavy atom. The van der Waals surface area contributed by atoms with Crippen molar-refractivity contribution in [1.29, 1.82) is 0 Å². The van der Waals surface area contributed by atoms with Gasteiger partial charge in [0.15, 0.2) is 0 Å². The Hall–Kier alpha value is -2.19. The lowest BCUT2D eigenvalue weighted by Crippen LogP contribution is -2.25. The monoisotopic (exact) mass is 383 g/mol. The largest absolute Gasteiger partial charge is 0.323 e. The van der Waals surface area contributed by atoms with E-state index in [0.29, 0.717) is 29.4 Å².